The number of hydrogen-bond acceptors (Lipinski definition) is 5. The van der Waals surface area contributed by atoms with Crippen LogP contribution < -0.4 is 21.5 Å². The van der Waals surface area contributed by atoms with E-state index in [2.05, 4.69) is 36.7 Å². The first-order valence-electron chi connectivity index (χ1n) is 7.21. The third kappa shape index (κ3) is 8.79. The van der Waals surface area contributed by atoms with E-state index in [4.69, 9.17) is 24.4 Å². The minimum atomic E-state index is 0.459. The van der Waals surface area contributed by atoms with Crippen LogP contribution in [0.4, 0.5) is 0 Å². The van der Waals surface area contributed by atoms with Crippen LogP contribution in [0.25, 0.3) is 0 Å². The maximum Gasteiger partial charge on any atom is 0.186 e. The Balaban J connectivity index is 2.71. The lowest BCUT2D eigenvalue weighted by Crippen LogP contribution is -2.33. The van der Waals surface area contributed by atoms with E-state index in [1.807, 2.05) is 26.0 Å². The fraction of sp³-hybridized carbons (Fsp3) is 0.357. The molecule has 0 bridgehead atoms. The average molecular weight is 352 g/mol. The number of thiocarbonyl (C=S) groups is 2. The van der Waals surface area contributed by atoms with E-state index in [1.54, 1.807) is 18.6 Å². The van der Waals surface area contributed by atoms with Crippen molar-refractivity contribution >= 4 is 46.6 Å². The van der Waals surface area contributed by atoms with Gasteiger partial charge in [-0.3, -0.25) is 15.8 Å². The molecule has 9 heteroatoms. The molecule has 0 amide bonds. The second-order valence-electron chi connectivity index (χ2n) is 4.34. The van der Waals surface area contributed by atoms with Gasteiger partial charge >= 0.3 is 0 Å². The highest BCUT2D eigenvalue weighted by Crippen LogP contribution is 1.98. The van der Waals surface area contributed by atoms with Gasteiger partial charge in [0.2, 0.25) is 0 Å². The fourth-order valence-electron chi connectivity index (χ4n) is 1.51. The first-order valence-corrected chi connectivity index (χ1v) is 8.03. The van der Waals surface area contributed by atoms with Crippen molar-refractivity contribution in [3.05, 3.63) is 30.1 Å². The van der Waals surface area contributed by atoms with Crippen LogP contribution in [-0.2, 0) is 6.42 Å². The van der Waals surface area contributed by atoms with Gasteiger partial charge in [0.1, 0.15) is 0 Å². The Morgan fingerprint density at radius 1 is 1.17 bits per heavy atom. The molecule has 4 N–H and O–H groups in total. The van der Waals surface area contributed by atoms with Crippen molar-refractivity contribution in [2.75, 3.05) is 13.1 Å². The fourth-order valence-corrected chi connectivity index (χ4v) is 1.90. The van der Waals surface area contributed by atoms with Crippen molar-refractivity contribution in [2.24, 2.45) is 10.2 Å². The topological polar surface area (TPSA) is 85.7 Å². The summed E-state index contributed by atoms with van der Waals surface area (Å²) in [7, 11) is 0. The molecule has 0 aliphatic heterocycles. The Kier molecular flexibility index (Phi) is 9.41. The molecule has 0 fully saturated rings. The van der Waals surface area contributed by atoms with E-state index in [1.165, 1.54) is 0 Å². The summed E-state index contributed by atoms with van der Waals surface area (Å²) in [4.78, 5) is 4.09. The first-order chi connectivity index (χ1) is 11.2. The number of nitrogens with zero attached hydrogens (tertiary/aromatic N) is 3. The molecular weight excluding hydrogens is 330 g/mol. The van der Waals surface area contributed by atoms with Crippen LogP contribution in [0.2, 0.25) is 0 Å². The van der Waals surface area contributed by atoms with Gasteiger partial charge in [-0.25, -0.2) is 0 Å². The summed E-state index contributed by atoms with van der Waals surface area (Å²) in [6, 6.07) is 3.84. The van der Waals surface area contributed by atoms with Crippen LogP contribution in [0.1, 0.15) is 19.4 Å². The first kappa shape index (κ1) is 18.9. The maximum absolute atomic E-state index is 5.09. The van der Waals surface area contributed by atoms with Crippen molar-refractivity contribution in [3.63, 3.8) is 0 Å². The second-order valence-corrected chi connectivity index (χ2v) is 5.16. The Labute approximate surface area is 147 Å². The van der Waals surface area contributed by atoms with Gasteiger partial charge in [0.25, 0.3) is 0 Å². The minimum Gasteiger partial charge on any atom is -0.362 e. The molecule has 7 nitrogen and oxygen atoms in total. The third-order valence-electron chi connectivity index (χ3n) is 2.46. The molecule has 1 aromatic heterocycles. The molecule has 1 rings (SSSR count). The summed E-state index contributed by atoms with van der Waals surface area (Å²) in [6.45, 7) is 5.38. The zero-order valence-corrected chi connectivity index (χ0v) is 14.8. The lowest BCUT2D eigenvalue weighted by Gasteiger charge is -2.07. The van der Waals surface area contributed by atoms with Crippen molar-refractivity contribution in [1.29, 1.82) is 0 Å². The minimum absolute atomic E-state index is 0.459. The molecule has 1 heterocycles. The Bertz CT molecular complexity index is 558. The molecule has 0 aliphatic carbocycles. The number of nitrogens with one attached hydrogen (secondary N) is 4. The Hall–Kier alpha value is -2.13. The van der Waals surface area contributed by atoms with E-state index in [9.17, 15) is 0 Å². The van der Waals surface area contributed by atoms with Gasteiger partial charge in [0.05, 0.1) is 11.9 Å². The van der Waals surface area contributed by atoms with Crippen LogP contribution in [-0.4, -0.2) is 40.2 Å². The summed E-state index contributed by atoms with van der Waals surface area (Å²) in [6.07, 6.45) is 5.67. The SMILES string of the molecule is CCNC(=S)N/N=C\C(Cc1cccnc1)=N\NC(=S)NCC. The highest BCUT2D eigenvalue weighted by Gasteiger charge is 2.01. The smallest absolute Gasteiger partial charge is 0.186 e. The third-order valence-corrected chi connectivity index (χ3v) is 2.93. The van der Waals surface area contributed by atoms with E-state index < -0.39 is 0 Å². The second kappa shape index (κ2) is 11.4. The molecule has 0 aliphatic rings. The lowest BCUT2D eigenvalue weighted by atomic mass is 10.1. The van der Waals surface area contributed by atoms with Gasteiger partial charge in [-0.2, -0.15) is 10.2 Å². The summed E-state index contributed by atoms with van der Waals surface area (Å²) in [5.74, 6) is 0. The number of rotatable bonds is 7. The number of pyridine rings is 1. The predicted molar refractivity (Wildman–Crippen MR) is 103 cm³/mol. The monoisotopic (exact) mass is 351 g/mol. The molecule has 124 valence electrons. The molecule has 0 atom stereocenters. The van der Waals surface area contributed by atoms with Crippen LogP contribution in [0.3, 0.4) is 0 Å². The van der Waals surface area contributed by atoms with Crippen LogP contribution in [0.5, 0.6) is 0 Å². The predicted octanol–water partition coefficient (Wildman–Crippen LogP) is 0.934. The normalized spacial score (nSPS) is 11.1. The van der Waals surface area contributed by atoms with Crippen LogP contribution in [0, 0.1) is 0 Å². The van der Waals surface area contributed by atoms with E-state index in [0.29, 0.717) is 22.4 Å². The van der Waals surface area contributed by atoms with Gasteiger partial charge in [-0.1, -0.05) is 6.07 Å². The standard InChI is InChI=1S/C14H21N7S2/c1-3-16-13(22)20-18-10-12(19-21-14(23)17-4-2)8-11-6-5-7-15-9-11/h5-7,9-10H,3-4,8H2,1-2H3,(H2,16,20,22)(H2,17,21,23)/b18-10-,19-12+. The molecule has 0 saturated heterocycles. The Morgan fingerprint density at radius 2 is 1.87 bits per heavy atom. The number of hydrogen-bond donors (Lipinski definition) is 4. The van der Waals surface area contributed by atoms with Gasteiger partial charge in [-0.05, 0) is 49.9 Å². The highest BCUT2D eigenvalue weighted by molar-refractivity contribution is 7.80. The molecule has 0 saturated carbocycles. The van der Waals surface area contributed by atoms with Crippen molar-refractivity contribution in [3.8, 4) is 0 Å². The molecule has 0 radical (unpaired) electrons. The summed E-state index contributed by atoms with van der Waals surface area (Å²) < 4.78 is 0. The van der Waals surface area contributed by atoms with Gasteiger partial charge in [0.15, 0.2) is 10.2 Å². The zero-order valence-electron chi connectivity index (χ0n) is 13.2. The van der Waals surface area contributed by atoms with Crippen LogP contribution in [0.15, 0.2) is 34.7 Å². The van der Waals surface area contributed by atoms with Crippen LogP contribution >= 0.6 is 24.4 Å². The quantitative estimate of drug-likeness (QED) is 0.330. The van der Waals surface area contributed by atoms with Gasteiger partial charge in [0, 0.05) is 31.9 Å². The summed E-state index contributed by atoms with van der Waals surface area (Å²) in [5, 5.41) is 15.2. The molecule has 0 aromatic carbocycles. The number of hydrazone groups is 2. The number of aromatic nitrogens is 1. The summed E-state index contributed by atoms with van der Waals surface area (Å²) >= 11 is 10.1. The van der Waals surface area contributed by atoms with E-state index in [0.717, 1.165) is 18.7 Å². The summed E-state index contributed by atoms with van der Waals surface area (Å²) in [5.41, 5.74) is 7.22. The lowest BCUT2D eigenvalue weighted by molar-refractivity contribution is 0.897. The zero-order chi connectivity index (χ0) is 16.9. The maximum atomic E-state index is 5.09. The average Bonchev–Trinajstić information content (AvgIpc) is 2.54. The molecule has 1 aromatic rings. The van der Waals surface area contributed by atoms with Crippen molar-refractivity contribution in [2.45, 2.75) is 20.3 Å². The van der Waals surface area contributed by atoms with Gasteiger partial charge in [-0.15, -0.1) is 0 Å². The molecule has 0 spiro atoms. The largest absolute Gasteiger partial charge is 0.362 e. The van der Waals surface area contributed by atoms with Crippen molar-refractivity contribution < 1.29 is 0 Å². The highest BCUT2D eigenvalue weighted by atomic mass is 32.1. The van der Waals surface area contributed by atoms with Crippen molar-refractivity contribution in [1.82, 2.24) is 26.5 Å². The Morgan fingerprint density at radius 3 is 2.48 bits per heavy atom. The molecule has 0 unspecified atom stereocenters. The van der Waals surface area contributed by atoms with E-state index in [-0.39, 0.29) is 0 Å². The molecule has 23 heavy (non-hydrogen) atoms. The van der Waals surface area contributed by atoms with Gasteiger partial charge < -0.3 is 10.6 Å². The molecular formula is C14H21N7S2. The van der Waals surface area contributed by atoms with E-state index >= 15 is 0 Å².